The van der Waals surface area contributed by atoms with E-state index in [4.69, 9.17) is 4.74 Å². The zero-order chi connectivity index (χ0) is 27.2. The minimum absolute atomic E-state index is 0.306. The number of hydrogen-bond acceptors (Lipinski definition) is 7. The van der Waals surface area contributed by atoms with Crippen molar-refractivity contribution in [2.45, 2.75) is 33.3 Å². The fourth-order valence-electron chi connectivity index (χ4n) is 4.69. The molecule has 5 rings (SSSR count). The Kier molecular flexibility index (Phi) is 6.18. The average molecular weight is 515 g/mol. The fraction of sp³-hybridized carbons (Fsp3) is 0.370. The summed E-state index contributed by atoms with van der Waals surface area (Å²) in [5.74, 6) is -0.324. The lowest BCUT2D eigenvalue weighted by atomic mass is 10.1. The molecule has 0 spiro atoms. The van der Waals surface area contributed by atoms with Crippen LogP contribution in [0.2, 0.25) is 0 Å². The van der Waals surface area contributed by atoms with Crippen LogP contribution in [0.3, 0.4) is 0 Å². The Morgan fingerprint density at radius 2 is 1.84 bits per heavy atom. The number of piperazine rings is 1. The summed E-state index contributed by atoms with van der Waals surface area (Å²) in [6, 6.07) is 7.46. The Bertz CT molecular complexity index is 1600. The van der Waals surface area contributed by atoms with Gasteiger partial charge in [-0.05, 0) is 45.9 Å². The molecular formula is C27H30N8O3. The summed E-state index contributed by atoms with van der Waals surface area (Å²) in [6.07, 6.45) is 5.14. The molecule has 11 heteroatoms. The number of ether oxygens (including phenoxy) is 1. The van der Waals surface area contributed by atoms with E-state index in [-0.39, 0.29) is 12.0 Å². The highest BCUT2D eigenvalue weighted by Crippen LogP contribution is 2.30. The van der Waals surface area contributed by atoms with Crippen molar-refractivity contribution in [3.8, 4) is 6.07 Å². The molecular weight excluding hydrogens is 484 g/mol. The summed E-state index contributed by atoms with van der Waals surface area (Å²) in [4.78, 5) is 34.1. The summed E-state index contributed by atoms with van der Waals surface area (Å²) < 4.78 is 8.94. The van der Waals surface area contributed by atoms with Crippen LogP contribution in [0.5, 0.6) is 0 Å². The van der Waals surface area contributed by atoms with E-state index >= 15 is 0 Å². The van der Waals surface area contributed by atoms with Crippen LogP contribution in [0.15, 0.2) is 36.8 Å². The van der Waals surface area contributed by atoms with Crippen molar-refractivity contribution in [3.63, 3.8) is 0 Å². The second kappa shape index (κ2) is 9.37. The molecule has 4 aromatic rings. The maximum Gasteiger partial charge on any atom is 0.410 e. The Balaban J connectivity index is 1.38. The third-order valence-electron chi connectivity index (χ3n) is 6.33. The van der Waals surface area contributed by atoms with Crippen molar-refractivity contribution in [1.29, 1.82) is 5.26 Å². The van der Waals surface area contributed by atoms with Gasteiger partial charge in [0.15, 0.2) is 5.65 Å². The molecule has 196 valence electrons. The van der Waals surface area contributed by atoms with Gasteiger partial charge in [-0.15, -0.1) is 0 Å². The van der Waals surface area contributed by atoms with E-state index in [1.54, 1.807) is 38.5 Å². The molecule has 1 aliphatic heterocycles. The van der Waals surface area contributed by atoms with Crippen molar-refractivity contribution in [1.82, 2.24) is 24.1 Å². The van der Waals surface area contributed by atoms with Gasteiger partial charge >= 0.3 is 6.09 Å². The number of imidazole rings is 1. The van der Waals surface area contributed by atoms with Crippen LogP contribution in [0.25, 0.3) is 16.6 Å². The fourth-order valence-corrected chi connectivity index (χ4v) is 4.69. The van der Waals surface area contributed by atoms with Crippen LogP contribution in [0, 0.1) is 18.3 Å². The molecule has 11 nitrogen and oxygen atoms in total. The van der Waals surface area contributed by atoms with Crippen molar-refractivity contribution in [2.75, 3.05) is 36.4 Å². The lowest BCUT2D eigenvalue weighted by Crippen LogP contribution is -2.50. The number of carbonyl (C=O) groups is 2. The third-order valence-corrected chi connectivity index (χ3v) is 6.33. The maximum atomic E-state index is 13.4. The number of pyridine rings is 1. The van der Waals surface area contributed by atoms with Crippen molar-refractivity contribution >= 4 is 39.9 Å². The predicted octanol–water partition coefficient (Wildman–Crippen LogP) is 3.71. The quantitative estimate of drug-likeness (QED) is 0.442. The minimum atomic E-state index is -0.536. The monoisotopic (exact) mass is 514 g/mol. The number of nitrogens with one attached hydrogen (secondary N) is 1. The summed E-state index contributed by atoms with van der Waals surface area (Å²) >= 11 is 0. The molecule has 1 fully saturated rings. The van der Waals surface area contributed by atoms with Gasteiger partial charge in [0.1, 0.15) is 17.2 Å². The average Bonchev–Trinajstić information content (AvgIpc) is 3.43. The number of hydrogen-bond donors (Lipinski definition) is 1. The van der Waals surface area contributed by atoms with Gasteiger partial charge in [0.2, 0.25) is 0 Å². The number of rotatable bonds is 3. The van der Waals surface area contributed by atoms with E-state index < -0.39 is 5.60 Å². The first-order chi connectivity index (χ1) is 18.0. The van der Waals surface area contributed by atoms with Gasteiger partial charge in [-0.3, -0.25) is 9.48 Å². The highest BCUT2D eigenvalue weighted by molar-refractivity contribution is 6.14. The SMILES string of the molecule is Cc1cn2cc(NC(=O)c3ccc(N4CCN(C(=O)OC(C)(C)C)CC4)c4cn(C)nc34)cc(C#N)c2n1. The Morgan fingerprint density at radius 1 is 1.11 bits per heavy atom. The molecule has 0 aliphatic carbocycles. The number of amides is 2. The van der Waals surface area contributed by atoms with E-state index in [2.05, 4.69) is 26.4 Å². The van der Waals surface area contributed by atoms with Gasteiger partial charge < -0.3 is 24.3 Å². The molecule has 0 bridgehead atoms. The predicted molar refractivity (Wildman–Crippen MR) is 143 cm³/mol. The highest BCUT2D eigenvalue weighted by atomic mass is 16.6. The van der Waals surface area contributed by atoms with Crippen molar-refractivity contribution in [2.24, 2.45) is 7.05 Å². The van der Waals surface area contributed by atoms with Crippen molar-refractivity contribution in [3.05, 3.63) is 53.6 Å². The zero-order valence-electron chi connectivity index (χ0n) is 22.1. The first kappa shape index (κ1) is 25.1. The molecule has 38 heavy (non-hydrogen) atoms. The van der Waals surface area contributed by atoms with Crippen LogP contribution >= 0.6 is 0 Å². The zero-order valence-corrected chi connectivity index (χ0v) is 22.1. The largest absolute Gasteiger partial charge is 0.444 e. The van der Waals surface area contributed by atoms with E-state index in [0.717, 1.165) is 16.8 Å². The molecule has 0 atom stereocenters. The van der Waals surface area contributed by atoms with Gasteiger partial charge in [0.25, 0.3) is 5.91 Å². The first-order valence-electron chi connectivity index (χ1n) is 12.4. The van der Waals surface area contributed by atoms with Crippen LogP contribution in [-0.4, -0.2) is 67.8 Å². The van der Waals surface area contributed by atoms with E-state index in [1.165, 1.54) is 0 Å². The number of fused-ring (bicyclic) bond motifs is 2. The Labute approximate surface area is 220 Å². The standard InChI is InChI=1S/C27H30N8O3/c1-17-14-35-15-19(12-18(13-28)24(35)29-17)30-25(36)20-6-7-22(21-16-32(5)31-23(20)21)33-8-10-34(11-9-33)26(37)38-27(2,3)4/h6-7,12,14-16H,8-11H2,1-5H3,(H,30,36). The number of nitrogens with zero attached hydrogens (tertiary/aromatic N) is 7. The minimum Gasteiger partial charge on any atom is -0.444 e. The summed E-state index contributed by atoms with van der Waals surface area (Å²) in [5.41, 5.74) is 3.62. The van der Waals surface area contributed by atoms with Gasteiger partial charge in [-0.1, -0.05) is 0 Å². The molecule has 1 aliphatic rings. The van der Waals surface area contributed by atoms with Crippen LogP contribution in [-0.2, 0) is 11.8 Å². The molecule has 0 saturated carbocycles. The smallest absolute Gasteiger partial charge is 0.410 e. The number of aromatic nitrogens is 4. The third kappa shape index (κ3) is 4.85. The van der Waals surface area contributed by atoms with E-state index in [1.807, 2.05) is 47.0 Å². The summed E-state index contributed by atoms with van der Waals surface area (Å²) in [6.45, 7) is 9.77. The van der Waals surface area contributed by atoms with E-state index in [9.17, 15) is 14.9 Å². The molecule has 3 aromatic heterocycles. The van der Waals surface area contributed by atoms with Gasteiger partial charge in [-0.25, -0.2) is 9.78 Å². The first-order valence-corrected chi connectivity index (χ1v) is 12.4. The summed E-state index contributed by atoms with van der Waals surface area (Å²) in [7, 11) is 1.82. The van der Waals surface area contributed by atoms with Crippen molar-refractivity contribution < 1.29 is 14.3 Å². The number of aryl methyl sites for hydroxylation is 2. The van der Waals surface area contributed by atoms with Crippen LogP contribution in [0.1, 0.15) is 42.4 Å². The Morgan fingerprint density at radius 3 is 2.53 bits per heavy atom. The lowest BCUT2D eigenvalue weighted by Gasteiger charge is -2.37. The molecule has 4 heterocycles. The summed E-state index contributed by atoms with van der Waals surface area (Å²) in [5, 5.41) is 17.9. The highest BCUT2D eigenvalue weighted by Gasteiger charge is 2.27. The second-order valence-corrected chi connectivity index (χ2v) is 10.5. The molecule has 0 radical (unpaired) electrons. The lowest BCUT2D eigenvalue weighted by molar-refractivity contribution is 0.0240. The molecule has 1 saturated heterocycles. The number of carbonyl (C=O) groups excluding carboxylic acids is 2. The molecule has 0 unspecified atom stereocenters. The second-order valence-electron chi connectivity index (χ2n) is 10.5. The normalized spacial score (nSPS) is 14.1. The van der Waals surface area contributed by atoms with Crippen LogP contribution in [0.4, 0.5) is 16.2 Å². The number of nitriles is 1. The van der Waals surface area contributed by atoms with Gasteiger partial charge in [0.05, 0.1) is 22.5 Å². The molecule has 1 aromatic carbocycles. The van der Waals surface area contributed by atoms with E-state index in [0.29, 0.717) is 54.2 Å². The topological polar surface area (TPSA) is 121 Å². The molecule has 1 N–H and O–H groups in total. The maximum absolute atomic E-state index is 13.4. The number of benzene rings is 1. The Hall–Kier alpha value is -4.59. The molecule has 2 amide bonds. The van der Waals surface area contributed by atoms with Gasteiger partial charge in [0, 0.05) is 62.9 Å². The van der Waals surface area contributed by atoms with Gasteiger partial charge in [-0.2, -0.15) is 10.4 Å². The van der Waals surface area contributed by atoms with Crippen LogP contribution < -0.4 is 10.2 Å². The number of anilines is 2.